The van der Waals surface area contributed by atoms with Gasteiger partial charge in [-0.25, -0.2) is 27.2 Å². The Labute approximate surface area is 103 Å². The Morgan fingerprint density at radius 3 is 1.89 bits per heavy atom. The van der Waals surface area contributed by atoms with Crippen LogP contribution >= 0.6 is 0 Å². The van der Waals surface area contributed by atoms with E-state index in [0.29, 0.717) is 12.2 Å². The zero-order valence-corrected chi connectivity index (χ0v) is 9.34. The minimum absolute atomic E-state index is 0.439. The highest BCUT2D eigenvalue weighted by atomic mass is 19.2. The Morgan fingerprint density at radius 2 is 1.53 bits per heavy atom. The maximum Gasteiger partial charge on any atom is 0.341 e. The molecule has 0 aliphatic rings. The van der Waals surface area contributed by atoms with Gasteiger partial charge in [-0.3, -0.25) is 0 Å². The molecule has 0 fully saturated rings. The normalized spacial score (nSPS) is 10.8. The summed E-state index contributed by atoms with van der Waals surface area (Å²) in [6, 6.07) is 0. The van der Waals surface area contributed by atoms with Gasteiger partial charge < -0.3 is 9.84 Å². The van der Waals surface area contributed by atoms with Gasteiger partial charge in [0.25, 0.3) is 0 Å². The van der Waals surface area contributed by atoms with E-state index in [1.54, 1.807) is 0 Å². The summed E-state index contributed by atoms with van der Waals surface area (Å²) in [5.74, 6) is -11.1. The molecule has 0 spiro atoms. The molecule has 0 bridgehead atoms. The predicted octanol–water partition coefficient (Wildman–Crippen LogP) is 2.13. The molecule has 0 saturated carbocycles. The molecule has 0 amide bonds. The Bertz CT molecular complexity index is 552. The first-order chi connectivity index (χ1) is 8.81. The molecule has 0 radical (unpaired) electrons. The maximum absolute atomic E-state index is 13.4. The molecule has 1 aromatic carbocycles. The Hall–Kier alpha value is -2.38. The molecule has 8 heteroatoms. The zero-order valence-electron chi connectivity index (χ0n) is 9.34. The fourth-order valence-corrected chi connectivity index (χ4v) is 1.20. The highest BCUT2D eigenvalue weighted by Crippen LogP contribution is 2.25. The van der Waals surface area contributed by atoms with Gasteiger partial charge in [0.2, 0.25) is 0 Å². The summed E-state index contributed by atoms with van der Waals surface area (Å²) in [6.07, 6.45) is 0.967. The number of carbonyl (C=O) groups excluding carboxylic acids is 1. The monoisotopic (exact) mass is 278 g/mol. The van der Waals surface area contributed by atoms with Gasteiger partial charge in [-0.2, -0.15) is 0 Å². The minimum Gasteiger partial charge on any atom is -0.477 e. The minimum atomic E-state index is -2.16. The lowest BCUT2D eigenvalue weighted by Crippen LogP contribution is -2.11. The smallest absolute Gasteiger partial charge is 0.341 e. The molecule has 0 heterocycles. The van der Waals surface area contributed by atoms with E-state index in [9.17, 15) is 27.2 Å². The highest BCUT2D eigenvalue weighted by molar-refractivity contribution is 5.90. The van der Waals surface area contributed by atoms with Gasteiger partial charge in [0.15, 0.2) is 23.3 Å². The van der Waals surface area contributed by atoms with E-state index >= 15 is 0 Å². The number of carboxylic acid groups (broad SMARTS) is 1. The predicted molar refractivity (Wildman–Crippen MR) is 54.3 cm³/mol. The molecule has 1 rings (SSSR count). The lowest BCUT2D eigenvalue weighted by molar-refractivity contribution is -0.134. The van der Waals surface area contributed by atoms with Gasteiger partial charge in [0, 0.05) is 6.08 Å². The number of halogens is 4. The number of carbonyl (C=O) groups is 2. The van der Waals surface area contributed by atoms with Gasteiger partial charge in [0.1, 0.15) is 5.56 Å². The summed E-state index contributed by atoms with van der Waals surface area (Å²) in [5, 5.41) is 8.44. The first kappa shape index (κ1) is 14.7. The molecule has 4 nitrogen and oxygen atoms in total. The molecular weight excluding hydrogens is 272 g/mol. The molecule has 19 heavy (non-hydrogen) atoms. The third-order valence-electron chi connectivity index (χ3n) is 2.10. The van der Waals surface area contributed by atoms with Crippen LogP contribution in [-0.4, -0.2) is 24.2 Å². The fraction of sp³-hybridized carbons (Fsp3) is 0.0909. The van der Waals surface area contributed by atoms with Crippen LogP contribution in [0.4, 0.5) is 17.6 Å². The summed E-state index contributed by atoms with van der Waals surface area (Å²) < 4.78 is 57.4. The van der Waals surface area contributed by atoms with Crippen LogP contribution in [0.25, 0.3) is 6.08 Å². The van der Waals surface area contributed by atoms with Crippen molar-refractivity contribution in [1.82, 2.24) is 0 Å². The number of esters is 1. The topological polar surface area (TPSA) is 63.6 Å². The SMILES string of the molecule is COC(=O)C=Cc1c(F)c(F)c(C(=O)O)c(F)c1F. The molecule has 0 unspecified atom stereocenters. The number of aromatic carboxylic acids is 1. The summed E-state index contributed by atoms with van der Waals surface area (Å²) in [6.45, 7) is 0. The average Bonchev–Trinajstić information content (AvgIpc) is 2.35. The number of rotatable bonds is 3. The van der Waals surface area contributed by atoms with Crippen molar-refractivity contribution in [3.8, 4) is 0 Å². The lowest BCUT2D eigenvalue weighted by atomic mass is 10.1. The van der Waals surface area contributed by atoms with E-state index in [4.69, 9.17) is 5.11 Å². The van der Waals surface area contributed by atoms with Crippen LogP contribution in [0.5, 0.6) is 0 Å². The third-order valence-corrected chi connectivity index (χ3v) is 2.10. The summed E-state index contributed by atoms with van der Waals surface area (Å²) >= 11 is 0. The number of methoxy groups -OCH3 is 1. The largest absolute Gasteiger partial charge is 0.477 e. The van der Waals surface area contributed by atoms with Gasteiger partial charge in [-0.15, -0.1) is 0 Å². The van der Waals surface area contributed by atoms with Gasteiger partial charge >= 0.3 is 11.9 Å². The summed E-state index contributed by atoms with van der Waals surface area (Å²) in [7, 11) is 0.980. The Balaban J connectivity index is 3.49. The maximum atomic E-state index is 13.4. The second kappa shape index (κ2) is 5.51. The number of benzene rings is 1. The third kappa shape index (κ3) is 2.72. The van der Waals surface area contributed by atoms with Crippen molar-refractivity contribution in [2.75, 3.05) is 7.11 Å². The van der Waals surface area contributed by atoms with E-state index in [0.717, 1.165) is 7.11 Å². The van der Waals surface area contributed by atoms with E-state index in [1.807, 2.05) is 0 Å². The van der Waals surface area contributed by atoms with Crippen molar-refractivity contribution in [1.29, 1.82) is 0 Å². The molecule has 0 atom stereocenters. The van der Waals surface area contributed by atoms with E-state index in [2.05, 4.69) is 4.74 Å². The number of ether oxygens (including phenoxy) is 1. The number of carboxylic acids is 1. The fourth-order valence-electron chi connectivity index (χ4n) is 1.20. The average molecular weight is 278 g/mol. The van der Waals surface area contributed by atoms with Crippen molar-refractivity contribution < 1.29 is 37.0 Å². The van der Waals surface area contributed by atoms with Crippen LogP contribution in [0, 0.1) is 23.3 Å². The lowest BCUT2D eigenvalue weighted by Gasteiger charge is -2.06. The van der Waals surface area contributed by atoms with Gasteiger partial charge in [-0.1, -0.05) is 0 Å². The quantitative estimate of drug-likeness (QED) is 0.398. The van der Waals surface area contributed by atoms with Crippen LogP contribution in [0.3, 0.4) is 0 Å². The molecule has 1 aromatic rings. The van der Waals surface area contributed by atoms with Gasteiger partial charge in [-0.05, 0) is 6.08 Å². The second-order valence-electron chi connectivity index (χ2n) is 3.21. The number of hydrogen-bond donors (Lipinski definition) is 1. The second-order valence-corrected chi connectivity index (χ2v) is 3.21. The first-order valence-corrected chi connectivity index (χ1v) is 4.66. The Kier molecular flexibility index (Phi) is 4.26. The van der Waals surface area contributed by atoms with Crippen LogP contribution in [0.15, 0.2) is 6.08 Å². The first-order valence-electron chi connectivity index (χ1n) is 4.66. The van der Waals surface area contributed by atoms with Crippen LogP contribution in [0.1, 0.15) is 15.9 Å². The molecule has 102 valence electrons. The number of hydrogen-bond acceptors (Lipinski definition) is 3. The van der Waals surface area contributed by atoms with Crippen molar-refractivity contribution >= 4 is 18.0 Å². The molecule has 0 aromatic heterocycles. The van der Waals surface area contributed by atoms with Crippen LogP contribution < -0.4 is 0 Å². The summed E-state index contributed by atoms with van der Waals surface area (Å²) in [4.78, 5) is 21.2. The standard InChI is InChI=1S/C11H6F4O4/c1-19-5(16)3-2-4-7(12)9(14)6(11(17)18)10(15)8(4)13/h2-3H,1H3,(H,17,18). The molecule has 0 aliphatic carbocycles. The summed E-state index contributed by atoms with van der Waals surface area (Å²) in [5.41, 5.74) is -2.96. The highest BCUT2D eigenvalue weighted by Gasteiger charge is 2.28. The van der Waals surface area contributed by atoms with E-state index < -0.39 is 46.3 Å². The Morgan fingerprint density at radius 1 is 1.05 bits per heavy atom. The van der Waals surface area contributed by atoms with E-state index in [-0.39, 0.29) is 0 Å². The molecule has 0 saturated heterocycles. The van der Waals surface area contributed by atoms with Gasteiger partial charge in [0.05, 0.1) is 12.7 Å². The van der Waals surface area contributed by atoms with Crippen molar-refractivity contribution in [3.05, 3.63) is 40.5 Å². The van der Waals surface area contributed by atoms with Crippen LogP contribution in [0.2, 0.25) is 0 Å². The van der Waals surface area contributed by atoms with Crippen molar-refractivity contribution in [2.45, 2.75) is 0 Å². The molecule has 1 N–H and O–H groups in total. The van der Waals surface area contributed by atoms with Crippen molar-refractivity contribution in [3.63, 3.8) is 0 Å². The van der Waals surface area contributed by atoms with Crippen LogP contribution in [-0.2, 0) is 9.53 Å². The van der Waals surface area contributed by atoms with E-state index in [1.165, 1.54) is 0 Å². The zero-order chi connectivity index (χ0) is 14.7. The van der Waals surface area contributed by atoms with Crippen molar-refractivity contribution in [2.24, 2.45) is 0 Å². The molecule has 0 aliphatic heterocycles. The molecular formula is C11H6F4O4.